The lowest BCUT2D eigenvalue weighted by molar-refractivity contribution is -0.143. The van der Waals surface area contributed by atoms with Gasteiger partial charge in [-0.2, -0.15) is 0 Å². The van der Waals surface area contributed by atoms with E-state index in [1.165, 1.54) is 0 Å². The highest BCUT2D eigenvalue weighted by molar-refractivity contribution is 6.17. The van der Waals surface area contributed by atoms with Crippen LogP contribution in [0.5, 0.6) is 0 Å². The third kappa shape index (κ3) is 1.37. The van der Waals surface area contributed by atoms with E-state index in [2.05, 4.69) is 4.74 Å². The van der Waals surface area contributed by atoms with Crippen LogP contribution in [-0.2, 0) is 9.53 Å². The standard InChI is InChI=1S/C5H7ClO2/c6-3-8-5(7)4-1-2-4/h4H,1-3H2. The molecular weight excluding hydrogens is 128 g/mol. The largest absolute Gasteiger partial charge is 0.449 e. The number of halogens is 1. The molecule has 0 saturated heterocycles. The van der Waals surface area contributed by atoms with E-state index >= 15 is 0 Å². The summed E-state index contributed by atoms with van der Waals surface area (Å²) in [5.41, 5.74) is 0. The molecule has 0 aliphatic heterocycles. The predicted molar refractivity (Wildman–Crippen MR) is 29.5 cm³/mol. The highest BCUT2D eigenvalue weighted by atomic mass is 35.5. The summed E-state index contributed by atoms with van der Waals surface area (Å²) in [6.07, 6.45) is 1.96. The van der Waals surface area contributed by atoms with Gasteiger partial charge < -0.3 is 4.74 Å². The van der Waals surface area contributed by atoms with Gasteiger partial charge in [-0.25, -0.2) is 0 Å². The second-order valence-electron chi connectivity index (χ2n) is 1.85. The van der Waals surface area contributed by atoms with Crippen LogP contribution in [0.25, 0.3) is 0 Å². The Morgan fingerprint density at radius 2 is 2.38 bits per heavy atom. The SMILES string of the molecule is O=C(OCCl)C1CC1. The topological polar surface area (TPSA) is 26.3 Å². The minimum Gasteiger partial charge on any atom is -0.449 e. The van der Waals surface area contributed by atoms with E-state index in [0.29, 0.717) is 0 Å². The Kier molecular flexibility index (Phi) is 1.73. The van der Waals surface area contributed by atoms with Crippen LogP contribution >= 0.6 is 11.6 Å². The molecule has 46 valence electrons. The molecule has 1 saturated carbocycles. The number of rotatable bonds is 2. The molecule has 0 heterocycles. The van der Waals surface area contributed by atoms with Crippen molar-refractivity contribution in [2.45, 2.75) is 12.8 Å². The molecule has 0 amide bonds. The second kappa shape index (κ2) is 2.35. The third-order valence-electron chi connectivity index (χ3n) is 1.11. The first-order valence-electron chi connectivity index (χ1n) is 2.57. The first kappa shape index (κ1) is 5.89. The molecule has 0 atom stereocenters. The van der Waals surface area contributed by atoms with Crippen LogP contribution in [0.4, 0.5) is 0 Å². The summed E-state index contributed by atoms with van der Waals surface area (Å²) in [5.74, 6) is 0.0359. The number of hydrogen-bond acceptors (Lipinski definition) is 2. The number of hydrogen-bond donors (Lipinski definition) is 0. The molecule has 1 rings (SSSR count). The number of ether oxygens (including phenoxy) is 1. The summed E-state index contributed by atoms with van der Waals surface area (Å²) in [5, 5.41) is 0. The Balaban J connectivity index is 2.13. The predicted octanol–water partition coefficient (Wildman–Crippen LogP) is 1.14. The van der Waals surface area contributed by atoms with Gasteiger partial charge in [-0.15, -0.1) is 0 Å². The maximum atomic E-state index is 10.5. The summed E-state index contributed by atoms with van der Waals surface area (Å²) in [4.78, 5) is 10.5. The number of carbonyl (C=O) groups excluding carboxylic acids is 1. The minimum absolute atomic E-state index is 0.00463. The van der Waals surface area contributed by atoms with E-state index in [0.717, 1.165) is 12.8 Å². The van der Waals surface area contributed by atoms with Crippen molar-refractivity contribution in [2.75, 3.05) is 6.07 Å². The summed E-state index contributed by atoms with van der Waals surface area (Å²) >= 11 is 5.13. The van der Waals surface area contributed by atoms with Crippen LogP contribution in [0.3, 0.4) is 0 Å². The Morgan fingerprint density at radius 1 is 1.75 bits per heavy atom. The lowest BCUT2D eigenvalue weighted by Crippen LogP contribution is -2.03. The van der Waals surface area contributed by atoms with Crippen LogP contribution in [0.2, 0.25) is 0 Å². The second-order valence-corrected chi connectivity index (χ2v) is 2.06. The Bertz CT molecular complexity index is 98.6. The lowest BCUT2D eigenvalue weighted by Gasteiger charge is -1.94. The monoisotopic (exact) mass is 134 g/mol. The normalized spacial score (nSPS) is 18.1. The summed E-state index contributed by atoms with van der Waals surface area (Å²) in [7, 11) is 0. The smallest absolute Gasteiger partial charge is 0.310 e. The fourth-order valence-electron chi connectivity index (χ4n) is 0.491. The average Bonchev–Trinajstić information content (AvgIpc) is 2.45. The quantitative estimate of drug-likeness (QED) is 0.418. The molecule has 0 radical (unpaired) electrons. The molecule has 1 aliphatic carbocycles. The van der Waals surface area contributed by atoms with Crippen molar-refractivity contribution in [1.82, 2.24) is 0 Å². The van der Waals surface area contributed by atoms with Gasteiger partial charge in [-0.3, -0.25) is 4.79 Å². The molecule has 2 nitrogen and oxygen atoms in total. The van der Waals surface area contributed by atoms with Crippen molar-refractivity contribution >= 4 is 17.6 Å². The molecular formula is C5H7ClO2. The van der Waals surface area contributed by atoms with Crippen LogP contribution in [0, 0.1) is 5.92 Å². The Hall–Kier alpha value is -0.240. The maximum Gasteiger partial charge on any atom is 0.310 e. The van der Waals surface area contributed by atoms with Gasteiger partial charge in [0.2, 0.25) is 0 Å². The fraction of sp³-hybridized carbons (Fsp3) is 0.800. The van der Waals surface area contributed by atoms with Gasteiger partial charge in [0, 0.05) is 0 Å². The van der Waals surface area contributed by atoms with Gasteiger partial charge in [-0.1, -0.05) is 11.6 Å². The van der Waals surface area contributed by atoms with Crippen molar-refractivity contribution < 1.29 is 9.53 Å². The molecule has 0 spiro atoms. The van der Waals surface area contributed by atoms with E-state index in [1.807, 2.05) is 0 Å². The van der Waals surface area contributed by atoms with Gasteiger partial charge in [0.05, 0.1) is 5.92 Å². The molecule has 0 aromatic heterocycles. The number of esters is 1. The van der Waals surface area contributed by atoms with E-state index < -0.39 is 0 Å². The fourth-order valence-corrected chi connectivity index (χ4v) is 0.598. The third-order valence-corrected chi connectivity index (χ3v) is 1.22. The van der Waals surface area contributed by atoms with Gasteiger partial charge in [-0.05, 0) is 12.8 Å². The highest BCUT2D eigenvalue weighted by Gasteiger charge is 2.30. The van der Waals surface area contributed by atoms with Crippen molar-refractivity contribution in [3.05, 3.63) is 0 Å². The molecule has 8 heavy (non-hydrogen) atoms. The zero-order valence-electron chi connectivity index (χ0n) is 4.39. The molecule has 1 fully saturated rings. The van der Waals surface area contributed by atoms with Gasteiger partial charge >= 0.3 is 5.97 Å². The van der Waals surface area contributed by atoms with Gasteiger partial charge in [0.1, 0.15) is 0 Å². The van der Waals surface area contributed by atoms with Crippen molar-refractivity contribution in [3.8, 4) is 0 Å². The molecule has 0 unspecified atom stereocenters. The Morgan fingerprint density at radius 3 is 2.75 bits per heavy atom. The number of carbonyl (C=O) groups is 1. The van der Waals surface area contributed by atoms with Crippen LogP contribution in [-0.4, -0.2) is 12.0 Å². The van der Waals surface area contributed by atoms with Crippen LogP contribution < -0.4 is 0 Å². The zero-order valence-corrected chi connectivity index (χ0v) is 5.15. The van der Waals surface area contributed by atoms with E-state index in [9.17, 15) is 4.79 Å². The number of alkyl halides is 1. The molecule has 1 aliphatic rings. The van der Waals surface area contributed by atoms with E-state index in [-0.39, 0.29) is 18.0 Å². The molecule has 0 bridgehead atoms. The maximum absolute atomic E-state index is 10.5. The molecule has 0 aromatic carbocycles. The summed E-state index contributed by atoms with van der Waals surface area (Å²) < 4.78 is 4.49. The first-order valence-corrected chi connectivity index (χ1v) is 3.10. The van der Waals surface area contributed by atoms with Crippen molar-refractivity contribution in [2.24, 2.45) is 5.92 Å². The van der Waals surface area contributed by atoms with Crippen LogP contribution in [0.1, 0.15) is 12.8 Å². The van der Waals surface area contributed by atoms with Gasteiger partial charge in [0.25, 0.3) is 0 Å². The van der Waals surface area contributed by atoms with Crippen LogP contribution in [0.15, 0.2) is 0 Å². The first-order chi connectivity index (χ1) is 3.84. The van der Waals surface area contributed by atoms with Gasteiger partial charge in [0.15, 0.2) is 6.07 Å². The highest BCUT2D eigenvalue weighted by Crippen LogP contribution is 2.29. The van der Waals surface area contributed by atoms with Crippen molar-refractivity contribution in [3.63, 3.8) is 0 Å². The summed E-state index contributed by atoms with van der Waals surface area (Å²) in [6, 6.07) is -0.00463. The van der Waals surface area contributed by atoms with E-state index in [1.54, 1.807) is 0 Å². The zero-order chi connectivity index (χ0) is 5.98. The van der Waals surface area contributed by atoms with Crippen molar-refractivity contribution in [1.29, 1.82) is 0 Å². The summed E-state index contributed by atoms with van der Waals surface area (Å²) in [6.45, 7) is 0. The average molecular weight is 135 g/mol. The van der Waals surface area contributed by atoms with E-state index in [4.69, 9.17) is 11.6 Å². The molecule has 0 aromatic rings. The molecule has 3 heteroatoms. The Labute approximate surface area is 52.8 Å². The lowest BCUT2D eigenvalue weighted by atomic mass is 10.4. The minimum atomic E-state index is -0.139. The molecule has 0 N–H and O–H groups in total.